The van der Waals surface area contributed by atoms with E-state index >= 15 is 0 Å². The molecule has 3 nitrogen and oxygen atoms in total. The largest absolute Gasteiger partial charge is 0.390 e. The molecular weight excluding hydrogens is 284 g/mol. The number of benzene rings is 2. The Hall–Kier alpha value is -1.68. The van der Waals surface area contributed by atoms with Gasteiger partial charge >= 0.3 is 0 Å². The first-order valence-electron chi connectivity index (χ1n) is 8.49. The van der Waals surface area contributed by atoms with Gasteiger partial charge in [0, 0.05) is 25.2 Å². The standard InChI is InChI=1S/C20H26N2O/c21-18-12-7-13-19(20(18)23)22(14-16-8-3-1-4-9-16)15-17-10-5-2-6-11-17/h1-6,8-11,18-20,23H,7,12-15,21H2. The second-order valence-electron chi connectivity index (χ2n) is 6.53. The third kappa shape index (κ3) is 4.20. The van der Waals surface area contributed by atoms with Crippen LogP contribution in [0, 0.1) is 0 Å². The SMILES string of the molecule is NC1CCCC(N(Cc2ccccc2)Cc2ccccc2)C1O. The first-order chi connectivity index (χ1) is 11.2. The average molecular weight is 310 g/mol. The van der Waals surface area contributed by atoms with Gasteiger partial charge in [0.25, 0.3) is 0 Å². The molecule has 0 spiro atoms. The molecule has 1 saturated carbocycles. The van der Waals surface area contributed by atoms with E-state index in [9.17, 15) is 5.11 Å². The van der Waals surface area contributed by atoms with Crippen LogP contribution in [-0.2, 0) is 13.1 Å². The molecule has 0 bridgehead atoms. The van der Waals surface area contributed by atoms with Crippen molar-refractivity contribution in [3.05, 3.63) is 71.8 Å². The molecule has 3 atom stereocenters. The van der Waals surface area contributed by atoms with Gasteiger partial charge in [-0.05, 0) is 24.0 Å². The lowest BCUT2D eigenvalue weighted by atomic mass is 9.87. The van der Waals surface area contributed by atoms with Gasteiger partial charge in [0.2, 0.25) is 0 Å². The maximum Gasteiger partial charge on any atom is 0.0846 e. The van der Waals surface area contributed by atoms with E-state index in [4.69, 9.17) is 5.73 Å². The van der Waals surface area contributed by atoms with Crippen molar-refractivity contribution in [3.63, 3.8) is 0 Å². The van der Waals surface area contributed by atoms with Gasteiger partial charge in [-0.3, -0.25) is 4.90 Å². The normalized spacial score (nSPS) is 24.7. The van der Waals surface area contributed by atoms with Crippen molar-refractivity contribution in [3.8, 4) is 0 Å². The molecule has 23 heavy (non-hydrogen) atoms. The second kappa shape index (κ2) is 7.73. The fraction of sp³-hybridized carbons (Fsp3) is 0.400. The molecule has 1 aliphatic carbocycles. The van der Waals surface area contributed by atoms with Crippen LogP contribution in [0.4, 0.5) is 0 Å². The van der Waals surface area contributed by atoms with Gasteiger partial charge in [-0.2, -0.15) is 0 Å². The van der Waals surface area contributed by atoms with Gasteiger partial charge in [0.05, 0.1) is 6.10 Å². The monoisotopic (exact) mass is 310 g/mol. The first kappa shape index (κ1) is 16.2. The molecule has 1 aliphatic rings. The summed E-state index contributed by atoms with van der Waals surface area (Å²) in [6, 6.07) is 20.9. The molecular formula is C20H26N2O. The lowest BCUT2D eigenvalue weighted by molar-refractivity contribution is -0.000812. The summed E-state index contributed by atoms with van der Waals surface area (Å²) >= 11 is 0. The van der Waals surface area contributed by atoms with E-state index in [1.54, 1.807) is 0 Å². The number of aliphatic hydroxyl groups excluding tert-OH is 1. The number of aliphatic hydroxyl groups is 1. The maximum absolute atomic E-state index is 10.6. The highest BCUT2D eigenvalue weighted by Crippen LogP contribution is 2.25. The molecule has 0 aromatic heterocycles. The summed E-state index contributed by atoms with van der Waals surface area (Å²) in [6.45, 7) is 1.67. The Morgan fingerprint density at radius 2 is 1.39 bits per heavy atom. The summed E-state index contributed by atoms with van der Waals surface area (Å²) in [5.41, 5.74) is 8.66. The molecule has 0 aliphatic heterocycles. The van der Waals surface area contributed by atoms with Crippen LogP contribution in [0.1, 0.15) is 30.4 Å². The molecule has 3 unspecified atom stereocenters. The lowest BCUT2D eigenvalue weighted by Gasteiger charge is -2.40. The predicted molar refractivity (Wildman–Crippen MR) is 93.8 cm³/mol. The van der Waals surface area contributed by atoms with Crippen LogP contribution in [0.5, 0.6) is 0 Å². The van der Waals surface area contributed by atoms with Gasteiger partial charge in [0.1, 0.15) is 0 Å². The average Bonchev–Trinajstić information content (AvgIpc) is 2.59. The van der Waals surface area contributed by atoms with Gasteiger partial charge < -0.3 is 10.8 Å². The van der Waals surface area contributed by atoms with E-state index in [0.29, 0.717) is 0 Å². The highest BCUT2D eigenvalue weighted by molar-refractivity contribution is 5.17. The zero-order valence-corrected chi connectivity index (χ0v) is 13.5. The minimum absolute atomic E-state index is 0.109. The summed E-state index contributed by atoms with van der Waals surface area (Å²) in [6.07, 6.45) is 2.57. The van der Waals surface area contributed by atoms with Crippen molar-refractivity contribution in [2.75, 3.05) is 0 Å². The molecule has 0 amide bonds. The van der Waals surface area contributed by atoms with Crippen molar-refractivity contribution in [2.45, 2.75) is 50.5 Å². The van der Waals surface area contributed by atoms with Crippen LogP contribution in [0.2, 0.25) is 0 Å². The molecule has 3 N–H and O–H groups in total. The molecule has 0 heterocycles. The molecule has 2 aromatic rings. The van der Waals surface area contributed by atoms with Crippen LogP contribution >= 0.6 is 0 Å². The number of nitrogens with two attached hydrogens (primary N) is 1. The summed E-state index contributed by atoms with van der Waals surface area (Å²) in [5, 5.41) is 10.6. The van der Waals surface area contributed by atoms with Crippen molar-refractivity contribution in [1.29, 1.82) is 0 Å². The summed E-state index contributed by atoms with van der Waals surface area (Å²) in [5.74, 6) is 0. The third-order valence-electron chi connectivity index (χ3n) is 4.80. The number of hydrogen-bond acceptors (Lipinski definition) is 3. The second-order valence-corrected chi connectivity index (χ2v) is 6.53. The Morgan fingerprint density at radius 3 is 1.91 bits per heavy atom. The van der Waals surface area contributed by atoms with Crippen molar-refractivity contribution in [1.82, 2.24) is 4.90 Å². The third-order valence-corrected chi connectivity index (χ3v) is 4.80. The van der Waals surface area contributed by atoms with Crippen molar-refractivity contribution < 1.29 is 5.11 Å². The Morgan fingerprint density at radius 1 is 0.870 bits per heavy atom. The van der Waals surface area contributed by atoms with E-state index in [2.05, 4.69) is 53.4 Å². The lowest BCUT2D eigenvalue weighted by Crippen LogP contribution is -2.53. The molecule has 0 radical (unpaired) electrons. The van der Waals surface area contributed by atoms with Crippen LogP contribution < -0.4 is 5.73 Å². The van der Waals surface area contributed by atoms with E-state index < -0.39 is 6.10 Å². The predicted octanol–water partition coefficient (Wildman–Crippen LogP) is 2.93. The molecule has 0 saturated heterocycles. The van der Waals surface area contributed by atoms with E-state index in [1.165, 1.54) is 11.1 Å². The topological polar surface area (TPSA) is 49.5 Å². The maximum atomic E-state index is 10.6. The Labute approximate surface area is 138 Å². The van der Waals surface area contributed by atoms with Crippen LogP contribution in [0.3, 0.4) is 0 Å². The van der Waals surface area contributed by atoms with Gasteiger partial charge in [-0.1, -0.05) is 67.1 Å². The Bertz CT molecular complexity index is 546. The molecule has 3 rings (SSSR count). The van der Waals surface area contributed by atoms with Crippen molar-refractivity contribution in [2.24, 2.45) is 5.73 Å². The van der Waals surface area contributed by atoms with Crippen molar-refractivity contribution >= 4 is 0 Å². The molecule has 3 heteroatoms. The van der Waals surface area contributed by atoms with E-state index in [0.717, 1.165) is 32.4 Å². The Kier molecular flexibility index (Phi) is 5.44. The van der Waals surface area contributed by atoms with Crippen LogP contribution in [0.25, 0.3) is 0 Å². The minimum atomic E-state index is -0.448. The number of hydrogen-bond donors (Lipinski definition) is 2. The highest BCUT2D eigenvalue weighted by atomic mass is 16.3. The quantitative estimate of drug-likeness (QED) is 0.893. The molecule has 1 fully saturated rings. The summed E-state index contributed by atoms with van der Waals surface area (Å²) in [4.78, 5) is 2.38. The van der Waals surface area contributed by atoms with E-state index in [-0.39, 0.29) is 12.1 Å². The zero-order valence-electron chi connectivity index (χ0n) is 13.5. The van der Waals surface area contributed by atoms with Gasteiger partial charge in [-0.25, -0.2) is 0 Å². The number of nitrogens with zero attached hydrogens (tertiary/aromatic N) is 1. The van der Waals surface area contributed by atoms with Gasteiger partial charge in [-0.15, -0.1) is 0 Å². The minimum Gasteiger partial charge on any atom is -0.390 e. The van der Waals surface area contributed by atoms with Crippen LogP contribution in [0.15, 0.2) is 60.7 Å². The first-order valence-corrected chi connectivity index (χ1v) is 8.49. The molecule has 122 valence electrons. The summed E-state index contributed by atoms with van der Waals surface area (Å²) in [7, 11) is 0. The smallest absolute Gasteiger partial charge is 0.0846 e. The van der Waals surface area contributed by atoms with Crippen LogP contribution in [-0.4, -0.2) is 28.2 Å². The van der Waals surface area contributed by atoms with Gasteiger partial charge in [0.15, 0.2) is 0 Å². The fourth-order valence-corrected chi connectivity index (χ4v) is 3.51. The zero-order chi connectivity index (χ0) is 16.1. The fourth-order valence-electron chi connectivity index (χ4n) is 3.51. The molecule has 2 aromatic carbocycles. The summed E-state index contributed by atoms with van der Waals surface area (Å²) < 4.78 is 0. The highest BCUT2D eigenvalue weighted by Gasteiger charge is 2.33. The van der Waals surface area contributed by atoms with E-state index in [1.807, 2.05) is 12.1 Å². The number of rotatable bonds is 5. The Balaban J connectivity index is 1.80.